The van der Waals surface area contributed by atoms with E-state index in [1.54, 1.807) is 39.7 Å². The normalized spacial score (nSPS) is 14.9. The summed E-state index contributed by atoms with van der Waals surface area (Å²) < 4.78 is 21.2. The summed E-state index contributed by atoms with van der Waals surface area (Å²) >= 11 is 5.23. The lowest BCUT2D eigenvalue weighted by molar-refractivity contribution is 0.0389. The Kier molecular flexibility index (Phi) is 8.39. The number of rotatable bonds is 8. The molecule has 1 heterocycles. The van der Waals surface area contributed by atoms with Crippen LogP contribution >= 0.6 is 12.2 Å². The molecule has 2 N–H and O–H groups in total. The Morgan fingerprint density at radius 2 is 1.81 bits per heavy atom. The zero-order chi connectivity index (χ0) is 18.8. The topological polar surface area (TPSA) is 76.6 Å². The highest BCUT2D eigenvalue weighted by Crippen LogP contribution is 2.33. The van der Waals surface area contributed by atoms with Crippen molar-refractivity contribution in [2.24, 2.45) is 5.10 Å². The van der Waals surface area contributed by atoms with Crippen LogP contribution in [-0.2, 0) is 4.74 Å². The zero-order valence-electron chi connectivity index (χ0n) is 15.4. The molecule has 1 saturated heterocycles. The molecule has 0 aliphatic carbocycles. The van der Waals surface area contributed by atoms with E-state index >= 15 is 0 Å². The van der Waals surface area contributed by atoms with E-state index in [4.69, 9.17) is 31.2 Å². The quantitative estimate of drug-likeness (QED) is 0.389. The van der Waals surface area contributed by atoms with Crippen LogP contribution in [0.5, 0.6) is 17.2 Å². The molecule has 0 spiro atoms. The Hall–Kier alpha value is -2.10. The Balaban J connectivity index is 1.83. The van der Waals surface area contributed by atoms with Gasteiger partial charge < -0.3 is 24.3 Å². The summed E-state index contributed by atoms with van der Waals surface area (Å²) in [5.41, 5.74) is 3.55. The Morgan fingerprint density at radius 3 is 2.46 bits per heavy atom. The van der Waals surface area contributed by atoms with Crippen molar-refractivity contribution >= 4 is 23.5 Å². The summed E-state index contributed by atoms with van der Waals surface area (Å²) in [6.45, 7) is 5.16. The third kappa shape index (κ3) is 6.01. The van der Waals surface area contributed by atoms with E-state index in [-0.39, 0.29) is 0 Å². The second kappa shape index (κ2) is 10.8. The zero-order valence-corrected chi connectivity index (χ0v) is 16.2. The number of nitrogens with zero attached hydrogens (tertiary/aromatic N) is 2. The van der Waals surface area contributed by atoms with Crippen LogP contribution in [0.2, 0.25) is 0 Å². The molecule has 1 aromatic rings. The SMILES string of the molecule is COc1cc(OC)c(OC)cc1/C=N\NC(=S)NCCN1CCOCC1. The smallest absolute Gasteiger partial charge is 0.187 e. The number of hydrogen-bond acceptors (Lipinski definition) is 7. The van der Waals surface area contributed by atoms with Crippen molar-refractivity contribution in [3.63, 3.8) is 0 Å². The minimum Gasteiger partial charge on any atom is -0.496 e. The minimum atomic E-state index is 0.467. The fourth-order valence-corrected chi connectivity index (χ4v) is 2.66. The summed E-state index contributed by atoms with van der Waals surface area (Å²) in [5.74, 6) is 1.81. The fraction of sp³-hybridized carbons (Fsp3) is 0.529. The molecule has 0 saturated carbocycles. The third-order valence-electron chi connectivity index (χ3n) is 3.92. The van der Waals surface area contributed by atoms with Gasteiger partial charge in [-0.15, -0.1) is 0 Å². The number of nitrogens with one attached hydrogen (secondary N) is 2. The van der Waals surface area contributed by atoms with Crippen molar-refractivity contribution in [1.82, 2.24) is 15.6 Å². The largest absolute Gasteiger partial charge is 0.496 e. The van der Waals surface area contributed by atoms with E-state index in [0.29, 0.717) is 22.4 Å². The molecule has 0 radical (unpaired) electrons. The van der Waals surface area contributed by atoms with Crippen molar-refractivity contribution in [3.8, 4) is 17.2 Å². The summed E-state index contributed by atoms with van der Waals surface area (Å²) in [6.07, 6.45) is 1.62. The van der Waals surface area contributed by atoms with Crippen LogP contribution in [0.15, 0.2) is 17.2 Å². The summed E-state index contributed by atoms with van der Waals surface area (Å²) in [5, 5.41) is 7.76. The number of ether oxygens (including phenoxy) is 4. The third-order valence-corrected chi connectivity index (χ3v) is 4.16. The average molecular weight is 382 g/mol. The van der Waals surface area contributed by atoms with Gasteiger partial charge in [-0.05, 0) is 18.3 Å². The monoisotopic (exact) mass is 382 g/mol. The minimum absolute atomic E-state index is 0.467. The van der Waals surface area contributed by atoms with Gasteiger partial charge in [0.1, 0.15) is 5.75 Å². The molecule has 1 aromatic carbocycles. The van der Waals surface area contributed by atoms with Crippen molar-refractivity contribution in [3.05, 3.63) is 17.7 Å². The van der Waals surface area contributed by atoms with Gasteiger partial charge in [0, 0.05) is 37.8 Å². The number of hydrazone groups is 1. The summed E-state index contributed by atoms with van der Waals surface area (Å²) in [6, 6.07) is 3.54. The number of thiocarbonyl (C=S) groups is 1. The maximum atomic E-state index is 5.36. The molecule has 8 nitrogen and oxygen atoms in total. The molecule has 2 rings (SSSR count). The van der Waals surface area contributed by atoms with E-state index in [2.05, 4.69) is 20.7 Å². The highest BCUT2D eigenvalue weighted by Gasteiger charge is 2.11. The molecule has 26 heavy (non-hydrogen) atoms. The van der Waals surface area contributed by atoms with Gasteiger partial charge in [-0.3, -0.25) is 10.3 Å². The number of methoxy groups -OCH3 is 3. The van der Waals surface area contributed by atoms with Gasteiger partial charge in [-0.2, -0.15) is 5.10 Å². The van der Waals surface area contributed by atoms with Crippen LogP contribution in [0, 0.1) is 0 Å². The molecular formula is C17H26N4O4S. The molecule has 0 amide bonds. The predicted octanol–water partition coefficient (Wildman–Crippen LogP) is 0.843. The maximum Gasteiger partial charge on any atom is 0.187 e. The second-order valence-electron chi connectivity index (χ2n) is 5.53. The van der Waals surface area contributed by atoms with Crippen molar-refractivity contribution in [2.45, 2.75) is 0 Å². The molecule has 0 bridgehead atoms. The van der Waals surface area contributed by atoms with Crippen molar-refractivity contribution in [2.75, 3.05) is 60.7 Å². The van der Waals surface area contributed by atoms with E-state index in [0.717, 1.165) is 45.0 Å². The van der Waals surface area contributed by atoms with Crippen LogP contribution < -0.4 is 25.0 Å². The predicted molar refractivity (Wildman–Crippen MR) is 105 cm³/mol. The van der Waals surface area contributed by atoms with Crippen LogP contribution in [0.1, 0.15) is 5.56 Å². The molecule has 9 heteroatoms. The number of benzene rings is 1. The van der Waals surface area contributed by atoms with Gasteiger partial charge in [0.15, 0.2) is 16.6 Å². The highest BCUT2D eigenvalue weighted by molar-refractivity contribution is 7.80. The van der Waals surface area contributed by atoms with Crippen LogP contribution in [0.3, 0.4) is 0 Å². The summed E-state index contributed by atoms with van der Waals surface area (Å²) in [7, 11) is 4.74. The van der Waals surface area contributed by atoms with Gasteiger partial charge in [0.25, 0.3) is 0 Å². The Bertz CT molecular complexity index is 621. The first-order valence-electron chi connectivity index (χ1n) is 8.35. The number of hydrogen-bond donors (Lipinski definition) is 2. The van der Waals surface area contributed by atoms with Crippen molar-refractivity contribution < 1.29 is 18.9 Å². The van der Waals surface area contributed by atoms with E-state index in [1.165, 1.54) is 0 Å². The lowest BCUT2D eigenvalue weighted by Gasteiger charge is -2.26. The second-order valence-corrected chi connectivity index (χ2v) is 5.94. The van der Waals surface area contributed by atoms with Gasteiger partial charge in [-0.1, -0.05) is 0 Å². The first kappa shape index (κ1) is 20.2. The molecule has 1 aliphatic heterocycles. The first-order chi connectivity index (χ1) is 12.7. The van der Waals surface area contributed by atoms with Gasteiger partial charge in [-0.25, -0.2) is 0 Å². The average Bonchev–Trinajstić information content (AvgIpc) is 2.68. The summed E-state index contributed by atoms with van der Waals surface area (Å²) in [4.78, 5) is 2.33. The molecular weight excluding hydrogens is 356 g/mol. The van der Waals surface area contributed by atoms with E-state index in [1.807, 2.05) is 0 Å². The Labute approximate surface area is 159 Å². The van der Waals surface area contributed by atoms with Crippen molar-refractivity contribution in [1.29, 1.82) is 0 Å². The van der Waals surface area contributed by atoms with Crippen LogP contribution in [0.25, 0.3) is 0 Å². The van der Waals surface area contributed by atoms with Crippen LogP contribution in [0.4, 0.5) is 0 Å². The van der Waals surface area contributed by atoms with Crippen LogP contribution in [-0.4, -0.2) is 76.9 Å². The maximum absolute atomic E-state index is 5.36. The van der Waals surface area contributed by atoms with Gasteiger partial charge in [0.05, 0.1) is 40.8 Å². The molecule has 1 aliphatic rings. The molecule has 0 aromatic heterocycles. The van der Waals surface area contributed by atoms with E-state index in [9.17, 15) is 0 Å². The Morgan fingerprint density at radius 1 is 1.15 bits per heavy atom. The van der Waals surface area contributed by atoms with Gasteiger partial charge >= 0.3 is 0 Å². The molecule has 0 atom stereocenters. The number of morpholine rings is 1. The lowest BCUT2D eigenvalue weighted by atomic mass is 10.2. The fourth-order valence-electron chi connectivity index (χ4n) is 2.51. The van der Waals surface area contributed by atoms with E-state index < -0.39 is 0 Å². The standard InChI is InChI=1S/C17H26N4O4S/c1-22-14-11-16(24-3)15(23-2)10-13(14)12-19-20-17(26)18-4-5-21-6-8-25-9-7-21/h10-12H,4-9H2,1-3H3,(H2,18,20,26)/b19-12-. The molecule has 0 unspecified atom stereocenters. The first-order valence-corrected chi connectivity index (χ1v) is 8.75. The van der Waals surface area contributed by atoms with Gasteiger partial charge in [0.2, 0.25) is 0 Å². The molecule has 144 valence electrons. The highest BCUT2D eigenvalue weighted by atomic mass is 32.1. The molecule has 1 fully saturated rings. The lowest BCUT2D eigenvalue weighted by Crippen LogP contribution is -2.42.